The molecule has 0 saturated heterocycles. The molecule has 1 aliphatic heterocycles. The van der Waals surface area contributed by atoms with Crippen LogP contribution < -0.4 is 15.2 Å². The molecule has 1 amide bonds. The number of carbonyl (C=O) groups is 1. The first-order valence-corrected chi connectivity index (χ1v) is 9.10. The fourth-order valence-electron chi connectivity index (χ4n) is 2.12. The largest absolute Gasteiger partial charge is 0.490 e. The number of hydrogen-bond donors (Lipinski definition) is 1. The van der Waals surface area contributed by atoms with Crippen LogP contribution in [0.1, 0.15) is 5.56 Å². The molecule has 0 radical (unpaired) electrons. The van der Waals surface area contributed by atoms with Crippen LogP contribution in [0.4, 0.5) is 0 Å². The fraction of sp³-hybridized carbons (Fsp3) is 0.111. The fourth-order valence-corrected chi connectivity index (χ4v) is 3.07. The molecule has 2 N–H and O–H groups in total. The number of hydrogen-bond acceptors (Lipinski definition) is 5. The summed E-state index contributed by atoms with van der Waals surface area (Å²) in [6, 6.07) is 15.1. The van der Waals surface area contributed by atoms with Crippen molar-refractivity contribution in [3.63, 3.8) is 0 Å². The SMILES string of the molecule is NC1=NC(=O)/C(=C/c2cccc(OCCOc3ccc(Br)cc3)c2)S1. The zero-order valence-corrected chi connectivity index (χ0v) is 15.5. The van der Waals surface area contributed by atoms with Crippen molar-refractivity contribution in [3.8, 4) is 11.5 Å². The van der Waals surface area contributed by atoms with Crippen molar-refractivity contribution in [2.45, 2.75) is 0 Å². The number of nitrogens with zero attached hydrogens (tertiary/aromatic N) is 1. The van der Waals surface area contributed by atoms with E-state index in [-0.39, 0.29) is 11.1 Å². The summed E-state index contributed by atoms with van der Waals surface area (Å²) in [4.78, 5) is 15.8. The number of halogens is 1. The van der Waals surface area contributed by atoms with Crippen LogP contribution in [0.3, 0.4) is 0 Å². The Hall–Kier alpha value is -2.25. The van der Waals surface area contributed by atoms with Gasteiger partial charge in [-0.1, -0.05) is 28.1 Å². The van der Waals surface area contributed by atoms with Gasteiger partial charge in [0, 0.05) is 4.47 Å². The van der Waals surface area contributed by atoms with E-state index in [2.05, 4.69) is 20.9 Å². The van der Waals surface area contributed by atoms with E-state index in [9.17, 15) is 4.79 Å². The minimum atomic E-state index is -0.309. The van der Waals surface area contributed by atoms with E-state index in [1.807, 2.05) is 48.5 Å². The molecule has 2 aromatic rings. The first-order chi connectivity index (χ1) is 12.1. The van der Waals surface area contributed by atoms with Crippen LogP contribution in [0.5, 0.6) is 11.5 Å². The highest BCUT2D eigenvalue weighted by molar-refractivity contribution is 9.10. The van der Waals surface area contributed by atoms with Crippen molar-refractivity contribution in [3.05, 3.63) is 63.5 Å². The Labute approximate surface area is 158 Å². The highest BCUT2D eigenvalue weighted by Crippen LogP contribution is 2.27. The Balaban J connectivity index is 1.53. The van der Waals surface area contributed by atoms with Gasteiger partial charge in [0.05, 0.1) is 4.91 Å². The molecule has 0 atom stereocenters. The van der Waals surface area contributed by atoms with Crippen molar-refractivity contribution in [1.82, 2.24) is 0 Å². The van der Waals surface area contributed by atoms with E-state index >= 15 is 0 Å². The molecule has 0 aromatic heterocycles. The van der Waals surface area contributed by atoms with Crippen LogP contribution >= 0.6 is 27.7 Å². The summed E-state index contributed by atoms with van der Waals surface area (Å²) >= 11 is 4.55. The standard InChI is InChI=1S/C18H15BrN2O3S/c19-13-4-6-14(7-5-13)23-8-9-24-15-3-1-2-12(10-15)11-16-17(22)21-18(20)25-16/h1-7,10-11H,8-9H2,(H2,20,21,22)/b16-11-. The summed E-state index contributed by atoms with van der Waals surface area (Å²) < 4.78 is 12.3. The Bertz CT molecular complexity index is 834. The third kappa shape index (κ3) is 5.11. The quantitative estimate of drug-likeness (QED) is 0.569. The van der Waals surface area contributed by atoms with E-state index in [1.165, 1.54) is 11.8 Å². The van der Waals surface area contributed by atoms with Gasteiger partial charge in [-0.2, -0.15) is 4.99 Å². The second kappa shape index (κ2) is 8.22. The van der Waals surface area contributed by atoms with E-state index < -0.39 is 0 Å². The van der Waals surface area contributed by atoms with E-state index in [1.54, 1.807) is 6.08 Å². The van der Waals surface area contributed by atoms with Gasteiger partial charge >= 0.3 is 0 Å². The van der Waals surface area contributed by atoms with Crippen LogP contribution in [0, 0.1) is 0 Å². The van der Waals surface area contributed by atoms with Crippen molar-refractivity contribution >= 4 is 44.8 Å². The smallest absolute Gasteiger partial charge is 0.286 e. The zero-order valence-electron chi connectivity index (χ0n) is 13.1. The topological polar surface area (TPSA) is 73.9 Å². The maximum absolute atomic E-state index is 11.6. The average Bonchev–Trinajstić information content (AvgIpc) is 2.91. The molecule has 0 spiro atoms. The molecule has 1 aliphatic rings. The Morgan fingerprint density at radius 1 is 1.08 bits per heavy atom. The van der Waals surface area contributed by atoms with Crippen molar-refractivity contribution in [2.75, 3.05) is 13.2 Å². The lowest BCUT2D eigenvalue weighted by atomic mass is 10.2. The number of thioether (sulfide) groups is 1. The van der Waals surface area contributed by atoms with Crippen LogP contribution in [-0.4, -0.2) is 24.3 Å². The lowest BCUT2D eigenvalue weighted by molar-refractivity contribution is -0.113. The molecule has 0 saturated carbocycles. The van der Waals surface area contributed by atoms with Gasteiger partial charge in [-0.3, -0.25) is 4.79 Å². The van der Waals surface area contributed by atoms with Gasteiger partial charge in [0.1, 0.15) is 24.7 Å². The molecular weight excluding hydrogens is 404 g/mol. The van der Waals surface area contributed by atoms with Gasteiger partial charge in [-0.15, -0.1) is 0 Å². The van der Waals surface area contributed by atoms with E-state index in [0.717, 1.165) is 15.8 Å². The third-order valence-electron chi connectivity index (χ3n) is 3.23. The third-order valence-corrected chi connectivity index (χ3v) is 4.57. The van der Waals surface area contributed by atoms with Gasteiger partial charge in [0.15, 0.2) is 5.17 Å². The highest BCUT2D eigenvalue weighted by atomic mass is 79.9. The number of nitrogens with two attached hydrogens (primary N) is 1. The number of carbonyl (C=O) groups excluding carboxylic acids is 1. The van der Waals surface area contributed by atoms with Gasteiger partial charge in [0.2, 0.25) is 0 Å². The van der Waals surface area contributed by atoms with Crippen molar-refractivity contribution in [2.24, 2.45) is 10.7 Å². The molecule has 2 aromatic carbocycles. The van der Waals surface area contributed by atoms with Gasteiger partial charge in [-0.25, -0.2) is 0 Å². The summed E-state index contributed by atoms with van der Waals surface area (Å²) in [6.07, 6.45) is 1.75. The molecule has 0 aliphatic carbocycles. The maximum Gasteiger partial charge on any atom is 0.286 e. The summed E-state index contributed by atoms with van der Waals surface area (Å²) in [5.41, 5.74) is 6.40. The highest BCUT2D eigenvalue weighted by Gasteiger charge is 2.19. The van der Waals surface area contributed by atoms with Crippen LogP contribution in [0.15, 0.2) is 62.9 Å². The van der Waals surface area contributed by atoms with Crippen LogP contribution in [-0.2, 0) is 4.79 Å². The van der Waals surface area contributed by atoms with E-state index in [4.69, 9.17) is 15.2 Å². The van der Waals surface area contributed by atoms with Gasteiger partial charge in [0.25, 0.3) is 5.91 Å². The second-order valence-electron chi connectivity index (χ2n) is 5.09. The molecule has 7 heteroatoms. The molecular formula is C18H15BrN2O3S. The molecule has 3 rings (SSSR count). The minimum Gasteiger partial charge on any atom is -0.490 e. The lowest BCUT2D eigenvalue weighted by Crippen LogP contribution is -2.08. The first kappa shape index (κ1) is 17.6. The molecule has 128 valence electrons. The lowest BCUT2D eigenvalue weighted by Gasteiger charge is -2.09. The number of amides is 1. The van der Waals surface area contributed by atoms with Crippen molar-refractivity contribution < 1.29 is 14.3 Å². The monoisotopic (exact) mass is 418 g/mol. The van der Waals surface area contributed by atoms with Crippen LogP contribution in [0.25, 0.3) is 6.08 Å². The van der Waals surface area contributed by atoms with Crippen LogP contribution in [0.2, 0.25) is 0 Å². The molecule has 0 bridgehead atoms. The normalized spacial score (nSPS) is 15.3. The first-order valence-electron chi connectivity index (χ1n) is 7.49. The molecule has 0 unspecified atom stereocenters. The Kier molecular flexibility index (Phi) is 5.78. The Morgan fingerprint density at radius 2 is 1.80 bits per heavy atom. The summed E-state index contributed by atoms with van der Waals surface area (Å²) in [7, 11) is 0. The minimum absolute atomic E-state index is 0.272. The molecule has 0 fully saturated rings. The van der Waals surface area contributed by atoms with Crippen molar-refractivity contribution in [1.29, 1.82) is 0 Å². The van der Waals surface area contributed by atoms with Gasteiger partial charge < -0.3 is 15.2 Å². The zero-order chi connectivity index (χ0) is 17.6. The number of ether oxygens (including phenoxy) is 2. The molecule has 5 nitrogen and oxygen atoms in total. The Morgan fingerprint density at radius 3 is 2.48 bits per heavy atom. The summed E-state index contributed by atoms with van der Waals surface area (Å²) in [5.74, 6) is 1.19. The summed E-state index contributed by atoms with van der Waals surface area (Å²) in [6.45, 7) is 0.853. The maximum atomic E-state index is 11.6. The van der Waals surface area contributed by atoms with E-state index in [0.29, 0.717) is 23.9 Å². The number of benzene rings is 2. The number of amidine groups is 1. The van der Waals surface area contributed by atoms with Gasteiger partial charge in [-0.05, 0) is 59.8 Å². The summed E-state index contributed by atoms with van der Waals surface area (Å²) in [5, 5.41) is 0.272. The predicted molar refractivity (Wildman–Crippen MR) is 104 cm³/mol. The molecule has 1 heterocycles. The second-order valence-corrected chi connectivity index (χ2v) is 7.07. The molecule has 25 heavy (non-hydrogen) atoms. The average molecular weight is 419 g/mol. The predicted octanol–water partition coefficient (Wildman–Crippen LogP) is 3.84. The number of aliphatic imine (C=N–C) groups is 1. The number of rotatable bonds is 6.